The lowest BCUT2D eigenvalue weighted by Crippen LogP contribution is -2.60. The molecule has 9 nitrogen and oxygen atoms in total. The van der Waals surface area contributed by atoms with Crippen LogP contribution in [0.25, 0.3) is 0 Å². The average molecular weight is 501 g/mol. The van der Waals surface area contributed by atoms with Crippen LogP contribution in [0, 0.1) is 12.3 Å². The molecule has 0 saturated carbocycles. The number of benzene rings is 1. The largest absolute Gasteiger partial charge is 0.444 e. The minimum absolute atomic E-state index is 0.431. The number of hydrogen-bond acceptors (Lipinski definition) is 5. The first-order valence-electron chi connectivity index (χ1n) is 11.8. The van der Waals surface area contributed by atoms with Crippen LogP contribution in [0.5, 0.6) is 0 Å². The SMILES string of the molecule is C#Cc1ccccc1C(C(=O)NC(C)(C)C)N(C(=O)C(CC(N)=O)NC(=O)OC(C)(C)C)C(C)(C)C. The van der Waals surface area contributed by atoms with Crippen LogP contribution in [-0.4, -0.2) is 51.4 Å². The highest BCUT2D eigenvalue weighted by Gasteiger charge is 2.43. The summed E-state index contributed by atoms with van der Waals surface area (Å²) in [6.07, 6.45) is 4.35. The normalized spacial score (nSPS) is 13.6. The third kappa shape index (κ3) is 9.25. The van der Waals surface area contributed by atoms with Crippen molar-refractivity contribution in [3.63, 3.8) is 0 Å². The molecule has 0 saturated heterocycles. The van der Waals surface area contributed by atoms with E-state index in [1.54, 1.807) is 65.8 Å². The molecule has 2 atom stereocenters. The van der Waals surface area contributed by atoms with Crippen molar-refractivity contribution in [2.75, 3.05) is 0 Å². The van der Waals surface area contributed by atoms with E-state index < -0.39 is 59.0 Å². The molecule has 0 bridgehead atoms. The summed E-state index contributed by atoms with van der Waals surface area (Å²) in [4.78, 5) is 53.4. The number of terminal acetylenes is 1. The number of amides is 4. The number of carbonyl (C=O) groups excluding carboxylic acids is 4. The number of nitrogens with zero attached hydrogens (tertiary/aromatic N) is 1. The molecule has 4 amide bonds. The number of carbonyl (C=O) groups is 4. The highest BCUT2D eigenvalue weighted by Crippen LogP contribution is 2.32. The molecule has 4 N–H and O–H groups in total. The molecule has 1 aromatic rings. The second-order valence-electron chi connectivity index (χ2n) is 11.6. The van der Waals surface area contributed by atoms with Gasteiger partial charge in [0.05, 0.1) is 6.42 Å². The van der Waals surface area contributed by atoms with Crippen LogP contribution in [0.15, 0.2) is 24.3 Å². The molecule has 0 aromatic heterocycles. The van der Waals surface area contributed by atoms with Crippen molar-refractivity contribution in [3.8, 4) is 12.3 Å². The lowest BCUT2D eigenvalue weighted by atomic mass is 9.91. The lowest BCUT2D eigenvalue weighted by Gasteiger charge is -2.43. The first-order chi connectivity index (χ1) is 16.3. The molecule has 198 valence electrons. The van der Waals surface area contributed by atoms with Gasteiger partial charge in [-0.05, 0) is 73.9 Å². The molecule has 36 heavy (non-hydrogen) atoms. The van der Waals surface area contributed by atoms with Gasteiger partial charge in [0.15, 0.2) is 0 Å². The number of nitrogens with one attached hydrogen (secondary N) is 2. The number of alkyl carbamates (subject to hydrolysis) is 1. The molecule has 0 aliphatic heterocycles. The zero-order valence-electron chi connectivity index (χ0n) is 22.8. The van der Waals surface area contributed by atoms with Crippen LogP contribution < -0.4 is 16.4 Å². The van der Waals surface area contributed by atoms with Gasteiger partial charge in [-0.15, -0.1) is 6.42 Å². The van der Waals surface area contributed by atoms with Crippen LogP contribution >= 0.6 is 0 Å². The summed E-state index contributed by atoms with van der Waals surface area (Å²) < 4.78 is 5.28. The fourth-order valence-corrected chi connectivity index (χ4v) is 3.57. The molecule has 1 aromatic carbocycles. The van der Waals surface area contributed by atoms with Crippen molar-refractivity contribution in [2.24, 2.45) is 5.73 Å². The van der Waals surface area contributed by atoms with Crippen molar-refractivity contribution in [2.45, 2.75) is 97.5 Å². The zero-order valence-corrected chi connectivity index (χ0v) is 22.8. The number of primary amides is 1. The van der Waals surface area contributed by atoms with Crippen LogP contribution in [0.3, 0.4) is 0 Å². The summed E-state index contributed by atoms with van der Waals surface area (Å²) in [7, 11) is 0. The van der Waals surface area contributed by atoms with E-state index in [1.165, 1.54) is 4.90 Å². The molecular weight excluding hydrogens is 460 g/mol. The molecule has 2 unspecified atom stereocenters. The Morgan fingerprint density at radius 3 is 2.03 bits per heavy atom. The first kappa shape index (κ1) is 30.5. The first-order valence-corrected chi connectivity index (χ1v) is 11.8. The molecule has 0 heterocycles. The number of hydrogen-bond donors (Lipinski definition) is 3. The Morgan fingerprint density at radius 1 is 1.03 bits per heavy atom. The van der Waals surface area contributed by atoms with E-state index in [-0.39, 0.29) is 0 Å². The Morgan fingerprint density at radius 2 is 1.58 bits per heavy atom. The molecular formula is C27H40N4O5. The molecule has 0 spiro atoms. The van der Waals surface area contributed by atoms with Gasteiger partial charge in [0, 0.05) is 16.6 Å². The van der Waals surface area contributed by atoms with Gasteiger partial charge in [-0.2, -0.15) is 0 Å². The van der Waals surface area contributed by atoms with Crippen LogP contribution in [0.2, 0.25) is 0 Å². The summed E-state index contributed by atoms with van der Waals surface area (Å²) in [6, 6.07) is 4.27. The monoisotopic (exact) mass is 500 g/mol. The Balaban J connectivity index is 3.71. The van der Waals surface area contributed by atoms with Crippen molar-refractivity contribution in [1.29, 1.82) is 0 Å². The van der Waals surface area contributed by atoms with E-state index in [9.17, 15) is 19.2 Å². The maximum Gasteiger partial charge on any atom is 0.408 e. The Kier molecular flexibility index (Phi) is 9.71. The maximum absolute atomic E-state index is 14.0. The maximum atomic E-state index is 14.0. The van der Waals surface area contributed by atoms with Gasteiger partial charge in [0.2, 0.25) is 17.7 Å². The van der Waals surface area contributed by atoms with Crippen LogP contribution in [0.4, 0.5) is 4.79 Å². The van der Waals surface area contributed by atoms with Crippen molar-refractivity contribution < 1.29 is 23.9 Å². The van der Waals surface area contributed by atoms with Gasteiger partial charge in [0.1, 0.15) is 17.7 Å². The topological polar surface area (TPSA) is 131 Å². The number of nitrogens with two attached hydrogens (primary N) is 1. The predicted octanol–water partition coefficient (Wildman–Crippen LogP) is 3.02. The Bertz CT molecular complexity index is 1020. The van der Waals surface area contributed by atoms with Gasteiger partial charge < -0.3 is 26.0 Å². The number of ether oxygens (including phenoxy) is 1. The molecule has 0 radical (unpaired) electrons. The van der Waals surface area contributed by atoms with E-state index >= 15 is 0 Å². The van der Waals surface area contributed by atoms with Crippen molar-refractivity contribution in [1.82, 2.24) is 15.5 Å². The summed E-state index contributed by atoms with van der Waals surface area (Å²) in [5, 5.41) is 5.38. The third-order valence-electron chi connectivity index (χ3n) is 4.77. The van der Waals surface area contributed by atoms with Crippen molar-refractivity contribution >= 4 is 23.8 Å². The molecule has 1 rings (SSSR count). The standard InChI is InChI=1S/C27H40N4O5/c1-11-17-14-12-13-15-18(17)21(22(33)30-25(2,3)4)31(26(5,6)7)23(34)19(16-20(28)32)29-24(35)36-27(8,9)10/h1,12-15,19,21H,16H2,2-10H3,(H2,28,32)(H,29,35)(H,30,33). The van der Waals surface area contributed by atoms with E-state index in [0.29, 0.717) is 11.1 Å². The van der Waals surface area contributed by atoms with E-state index in [4.69, 9.17) is 16.9 Å². The average Bonchev–Trinajstić information content (AvgIpc) is 2.66. The number of rotatable bonds is 7. The highest BCUT2D eigenvalue weighted by atomic mass is 16.6. The minimum atomic E-state index is -1.38. The molecule has 0 aliphatic carbocycles. The third-order valence-corrected chi connectivity index (χ3v) is 4.77. The summed E-state index contributed by atoms with van der Waals surface area (Å²) >= 11 is 0. The lowest BCUT2D eigenvalue weighted by molar-refractivity contribution is -0.149. The zero-order chi connectivity index (χ0) is 28.1. The van der Waals surface area contributed by atoms with Gasteiger partial charge in [-0.3, -0.25) is 14.4 Å². The van der Waals surface area contributed by atoms with E-state index in [1.807, 2.05) is 20.8 Å². The van der Waals surface area contributed by atoms with Crippen LogP contribution in [-0.2, 0) is 19.1 Å². The molecule has 0 aliphatic rings. The van der Waals surface area contributed by atoms with Gasteiger partial charge in [0.25, 0.3) is 0 Å². The fraction of sp³-hybridized carbons (Fsp3) is 0.556. The van der Waals surface area contributed by atoms with Crippen molar-refractivity contribution in [3.05, 3.63) is 35.4 Å². The van der Waals surface area contributed by atoms with Gasteiger partial charge >= 0.3 is 6.09 Å². The second-order valence-corrected chi connectivity index (χ2v) is 11.6. The summed E-state index contributed by atoms with van der Waals surface area (Å²) in [6.45, 7) is 15.7. The Hall–Kier alpha value is -3.54. The van der Waals surface area contributed by atoms with Crippen LogP contribution in [0.1, 0.15) is 85.9 Å². The molecule has 9 heteroatoms. The second kappa shape index (κ2) is 11.5. The quantitative estimate of drug-likeness (QED) is 0.496. The summed E-state index contributed by atoms with van der Waals surface area (Å²) in [5.74, 6) is 0.613. The Labute approximate surface area is 214 Å². The minimum Gasteiger partial charge on any atom is -0.444 e. The highest BCUT2D eigenvalue weighted by molar-refractivity contribution is 5.95. The molecule has 0 fully saturated rings. The van der Waals surface area contributed by atoms with E-state index in [0.717, 1.165) is 0 Å². The summed E-state index contributed by atoms with van der Waals surface area (Å²) in [5.41, 5.74) is 3.88. The van der Waals surface area contributed by atoms with E-state index in [2.05, 4.69) is 16.6 Å². The smallest absolute Gasteiger partial charge is 0.408 e. The van der Waals surface area contributed by atoms with Gasteiger partial charge in [-0.1, -0.05) is 24.1 Å². The van der Waals surface area contributed by atoms with Gasteiger partial charge in [-0.25, -0.2) is 4.79 Å². The fourth-order valence-electron chi connectivity index (χ4n) is 3.57. The predicted molar refractivity (Wildman–Crippen MR) is 139 cm³/mol.